The summed E-state index contributed by atoms with van der Waals surface area (Å²) in [6.07, 6.45) is 8.00. The Bertz CT molecular complexity index is 3340. The molecule has 0 saturated carbocycles. The fourth-order valence-electron chi connectivity index (χ4n) is 8.30. The number of fused-ring (bicyclic) bond motifs is 8. The van der Waals surface area contributed by atoms with E-state index in [1.165, 1.54) is 0 Å². The molecule has 8 bridgehead atoms. The Hall–Kier alpha value is -8.69. The molecule has 1 amide bonds. The molecule has 0 saturated heterocycles. The second-order valence-electron chi connectivity index (χ2n) is 15.7. The topological polar surface area (TPSA) is 141 Å². The van der Waals surface area contributed by atoms with Crippen LogP contribution in [0.5, 0.6) is 5.75 Å². The van der Waals surface area contributed by atoms with Gasteiger partial charge in [-0.05, 0) is 121 Å². The maximum Gasteiger partial charge on any atom is 0.255 e. The van der Waals surface area contributed by atoms with Crippen molar-refractivity contribution in [3.63, 3.8) is 0 Å². The Morgan fingerprint density at radius 3 is 1.12 bits per heavy atom. The summed E-state index contributed by atoms with van der Waals surface area (Å²) >= 11 is 0. The monoisotopic (exact) mass is 833 g/mol. The smallest absolute Gasteiger partial charge is 0.255 e. The number of Topliss-reactive ketones (excluding diaryl/α,β-unsaturated/α-hetero) is 2. The standard InChI is InChI=1S/C55H39N5O4/c1-32(61)34-8-12-36(13-9-34)51-43-24-28-47(57-43)53(38-16-20-41(21-17-38)56-55(64)40-6-4-3-5-7-40)48-29-25-44(58-48)52(37-14-10-35(11-15-37)33(2)62)46-27-31-50(60-46)54(49-30-26-45(51)59-49)39-18-22-42(63)23-19-39/h3-31,57,60,63H,1-2H3,(H,56,64). The molecule has 5 aromatic carbocycles. The van der Waals surface area contributed by atoms with Gasteiger partial charge in [0.15, 0.2) is 11.6 Å². The van der Waals surface area contributed by atoms with E-state index < -0.39 is 0 Å². The molecule has 9 nitrogen and oxygen atoms in total. The molecule has 10 rings (SSSR count). The normalized spacial score (nSPS) is 11.7. The van der Waals surface area contributed by atoms with Crippen LogP contribution < -0.4 is 5.32 Å². The number of nitrogens with one attached hydrogen (secondary N) is 3. The maximum atomic E-state index is 13.1. The molecule has 9 heteroatoms. The van der Waals surface area contributed by atoms with Crippen LogP contribution in [0.1, 0.15) is 67.7 Å². The number of aromatic hydroxyl groups is 1. The van der Waals surface area contributed by atoms with E-state index in [1.807, 2.05) is 152 Å². The Morgan fingerprint density at radius 1 is 0.422 bits per heavy atom. The van der Waals surface area contributed by atoms with Crippen LogP contribution in [0.4, 0.5) is 5.69 Å². The summed E-state index contributed by atoms with van der Waals surface area (Å²) in [6, 6.07) is 47.1. The summed E-state index contributed by atoms with van der Waals surface area (Å²) < 4.78 is 0. The number of anilines is 1. The van der Waals surface area contributed by atoms with Crippen LogP contribution >= 0.6 is 0 Å². The van der Waals surface area contributed by atoms with Gasteiger partial charge in [-0.3, -0.25) is 14.4 Å². The number of H-pyrrole nitrogens is 2. The van der Waals surface area contributed by atoms with Crippen molar-refractivity contribution in [2.75, 3.05) is 5.32 Å². The number of carbonyl (C=O) groups is 3. The number of amides is 1. The lowest BCUT2D eigenvalue weighted by molar-refractivity contribution is 0.100. The van der Waals surface area contributed by atoms with E-state index in [1.54, 1.807) is 38.1 Å². The molecular weight excluding hydrogens is 795 g/mol. The van der Waals surface area contributed by atoms with Crippen LogP contribution in [-0.2, 0) is 0 Å². The second-order valence-corrected chi connectivity index (χ2v) is 15.7. The zero-order valence-corrected chi connectivity index (χ0v) is 34.8. The van der Waals surface area contributed by atoms with Crippen molar-refractivity contribution >= 4 is 69.5 Å². The van der Waals surface area contributed by atoms with Crippen LogP contribution in [-0.4, -0.2) is 42.5 Å². The number of nitrogens with zero attached hydrogens (tertiary/aromatic N) is 2. The molecule has 5 heterocycles. The van der Waals surface area contributed by atoms with Gasteiger partial charge in [-0.2, -0.15) is 0 Å². The first-order valence-corrected chi connectivity index (χ1v) is 20.8. The number of benzene rings is 5. The van der Waals surface area contributed by atoms with E-state index in [2.05, 4.69) is 15.3 Å². The van der Waals surface area contributed by atoms with Crippen molar-refractivity contribution in [2.45, 2.75) is 13.8 Å². The summed E-state index contributed by atoms with van der Waals surface area (Å²) in [5.41, 5.74) is 15.2. The summed E-state index contributed by atoms with van der Waals surface area (Å²) in [5, 5.41) is 13.3. The lowest BCUT2D eigenvalue weighted by Crippen LogP contribution is -2.11. The van der Waals surface area contributed by atoms with Gasteiger partial charge in [-0.1, -0.05) is 91.0 Å². The lowest BCUT2D eigenvalue weighted by atomic mass is 10.0. The molecule has 2 aliphatic heterocycles. The first kappa shape index (κ1) is 39.4. The Labute approximate surface area is 368 Å². The summed E-state index contributed by atoms with van der Waals surface area (Å²) in [4.78, 5) is 55.9. The molecule has 0 unspecified atom stereocenters. The molecule has 64 heavy (non-hydrogen) atoms. The predicted octanol–water partition coefficient (Wildman–Crippen LogP) is 12.7. The third-order valence-electron chi connectivity index (χ3n) is 11.5. The third kappa shape index (κ3) is 7.52. The third-order valence-corrected chi connectivity index (χ3v) is 11.5. The highest BCUT2D eigenvalue weighted by Gasteiger charge is 2.20. The van der Waals surface area contributed by atoms with Crippen molar-refractivity contribution in [1.82, 2.24) is 19.9 Å². The van der Waals surface area contributed by atoms with Crippen molar-refractivity contribution in [2.24, 2.45) is 0 Å². The van der Waals surface area contributed by atoms with E-state index in [0.717, 1.165) is 66.6 Å². The van der Waals surface area contributed by atoms with Crippen LogP contribution in [0.25, 0.3) is 90.9 Å². The number of hydrogen-bond donors (Lipinski definition) is 4. The van der Waals surface area contributed by atoms with Gasteiger partial charge >= 0.3 is 0 Å². The summed E-state index contributed by atoms with van der Waals surface area (Å²) in [6.45, 7) is 3.11. The first-order valence-electron chi connectivity index (χ1n) is 20.8. The van der Waals surface area contributed by atoms with Crippen molar-refractivity contribution in [3.8, 4) is 50.3 Å². The van der Waals surface area contributed by atoms with Crippen LogP contribution in [0.15, 0.2) is 152 Å². The van der Waals surface area contributed by atoms with Crippen molar-refractivity contribution < 1.29 is 19.5 Å². The average molecular weight is 834 g/mol. The van der Waals surface area contributed by atoms with E-state index in [4.69, 9.17) is 9.97 Å². The number of aromatic amines is 2. The highest BCUT2D eigenvalue weighted by atomic mass is 16.3. The first-order chi connectivity index (χ1) is 31.2. The second kappa shape index (κ2) is 16.3. The van der Waals surface area contributed by atoms with Gasteiger partial charge in [0.25, 0.3) is 5.91 Å². The molecule has 8 aromatic rings. The van der Waals surface area contributed by atoms with Crippen molar-refractivity contribution in [1.29, 1.82) is 0 Å². The fraction of sp³-hybridized carbons (Fsp3) is 0.0364. The summed E-state index contributed by atoms with van der Waals surface area (Å²) in [5.74, 6) is -0.101. The molecule has 308 valence electrons. The van der Waals surface area contributed by atoms with Gasteiger partial charge in [-0.15, -0.1) is 0 Å². The zero-order chi connectivity index (χ0) is 43.9. The van der Waals surface area contributed by atoms with Gasteiger partial charge in [0.2, 0.25) is 0 Å². The number of phenols is 1. The van der Waals surface area contributed by atoms with Gasteiger partial charge in [-0.25, -0.2) is 9.97 Å². The van der Waals surface area contributed by atoms with Gasteiger partial charge in [0.1, 0.15) is 5.75 Å². The zero-order valence-electron chi connectivity index (χ0n) is 34.8. The minimum absolute atomic E-state index is 0.0242. The SMILES string of the molecule is CC(=O)c1ccc(-c2c3nc(c(-c4ccc(NC(=O)c5ccccc5)cc4)c4ccc([nH]4)c(-c4ccc(C(C)=O)cc4)c4nc(c(-c5ccc(O)cc5)c5ccc2[nH]5)C=C4)C=C3)cc1. The van der Waals surface area contributed by atoms with Gasteiger partial charge in [0.05, 0.1) is 22.8 Å². The molecule has 3 aromatic heterocycles. The number of ketones is 2. The van der Waals surface area contributed by atoms with E-state index in [9.17, 15) is 19.5 Å². The van der Waals surface area contributed by atoms with E-state index >= 15 is 0 Å². The minimum atomic E-state index is -0.203. The highest BCUT2D eigenvalue weighted by molar-refractivity contribution is 6.05. The average Bonchev–Trinajstić information content (AvgIpc) is 4.17. The van der Waals surface area contributed by atoms with E-state index in [-0.39, 0.29) is 23.2 Å². The van der Waals surface area contributed by atoms with Gasteiger partial charge < -0.3 is 20.4 Å². The Balaban J connectivity index is 1.27. The molecule has 4 N–H and O–H groups in total. The molecule has 2 aliphatic rings. The van der Waals surface area contributed by atoms with Crippen LogP contribution in [0.2, 0.25) is 0 Å². The molecule has 0 atom stereocenters. The van der Waals surface area contributed by atoms with Crippen molar-refractivity contribution in [3.05, 3.63) is 191 Å². The summed E-state index contributed by atoms with van der Waals surface area (Å²) in [7, 11) is 0. The quantitative estimate of drug-likeness (QED) is 0.112. The Kier molecular flexibility index (Phi) is 10.0. The molecule has 0 fully saturated rings. The predicted molar refractivity (Wildman–Crippen MR) is 257 cm³/mol. The van der Waals surface area contributed by atoms with Gasteiger partial charge in [0, 0.05) is 66.7 Å². The Morgan fingerprint density at radius 2 is 0.766 bits per heavy atom. The minimum Gasteiger partial charge on any atom is -0.508 e. The molecular formula is C55H39N5O4. The number of aromatic nitrogens is 4. The number of rotatable bonds is 8. The highest BCUT2D eigenvalue weighted by Crippen LogP contribution is 2.39. The molecule has 0 spiro atoms. The van der Waals surface area contributed by atoms with Crippen LogP contribution in [0, 0.1) is 0 Å². The lowest BCUT2D eigenvalue weighted by Gasteiger charge is -2.09. The molecule has 0 aliphatic carbocycles. The fourth-order valence-corrected chi connectivity index (χ4v) is 8.30. The largest absolute Gasteiger partial charge is 0.508 e. The van der Waals surface area contributed by atoms with E-state index in [0.29, 0.717) is 45.2 Å². The number of hydrogen-bond acceptors (Lipinski definition) is 6. The maximum absolute atomic E-state index is 13.1. The number of phenolic OH excluding ortho intramolecular Hbond substituents is 1. The molecule has 0 radical (unpaired) electrons. The van der Waals surface area contributed by atoms with Crippen LogP contribution in [0.3, 0.4) is 0 Å². The number of carbonyl (C=O) groups excluding carboxylic acids is 3.